The van der Waals surface area contributed by atoms with Gasteiger partial charge in [0.05, 0.1) is 5.02 Å². The van der Waals surface area contributed by atoms with E-state index in [1.165, 1.54) is 5.56 Å². The van der Waals surface area contributed by atoms with Crippen molar-refractivity contribution in [1.29, 1.82) is 0 Å². The van der Waals surface area contributed by atoms with Crippen molar-refractivity contribution in [2.45, 2.75) is 16.2 Å². The van der Waals surface area contributed by atoms with Crippen LogP contribution in [0.5, 0.6) is 0 Å². The first-order valence-electron chi connectivity index (χ1n) is 5.71. The topological polar surface area (TPSA) is 26.0 Å². The summed E-state index contributed by atoms with van der Waals surface area (Å²) in [6.07, 6.45) is 0.833. The number of nitrogens with two attached hydrogens (primary N) is 1. The Morgan fingerprint density at radius 1 is 1.05 bits per heavy atom. The molecule has 0 aliphatic rings. The average Bonchev–Trinajstić information content (AvgIpc) is 2.37. The molecule has 2 aromatic carbocycles. The number of hydrogen-bond acceptors (Lipinski definition) is 2. The molecule has 19 heavy (non-hydrogen) atoms. The van der Waals surface area contributed by atoms with Crippen molar-refractivity contribution in [3.05, 3.63) is 56.5 Å². The molecule has 0 radical (unpaired) electrons. The van der Waals surface area contributed by atoms with Gasteiger partial charge < -0.3 is 5.73 Å². The lowest BCUT2D eigenvalue weighted by Gasteiger charge is -2.10. The summed E-state index contributed by atoms with van der Waals surface area (Å²) >= 11 is 17.3. The van der Waals surface area contributed by atoms with Gasteiger partial charge in [-0.1, -0.05) is 50.9 Å². The van der Waals surface area contributed by atoms with Crippen LogP contribution in [0.4, 0.5) is 0 Å². The Bertz CT molecular complexity index is 590. The summed E-state index contributed by atoms with van der Waals surface area (Å²) in [4.78, 5) is 2.10. The molecular weight excluding hydrogens is 365 g/mol. The fraction of sp³-hybridized carbons (Fsp3) is 0.143. The predicted molar refractivity (Wildman–Crippen MR) is 87.5 cm³/mol. The molecule has 0 amide bonds. The van der Waals surface area contributed by atoms with Gasteiger partial charge in [-0.15, -0.1) is 0 Å². The van der Waals surface area contributed by atoms with Gasteiger partial charge in [-0.3, -0.25) is 0 Å². The van der Waals surface area contributed by atoms with Crippen LogP contribution in [-0.2, 0) is 6.42 Å². The Morgan fingerprint density at radius 3 is 2.58 bits per heavy atom. The van der Waals surface area contributed by atoms with E-state index in [0.717, 1.165) is 20.7 Å². The average molecular weight is 377 g/mol. The van der Waals surface area contributed by atoms with E-state index in [1.807, 2.05) is 18.2 Å². The highest BCUT2D eigenvalue weighted by atomic mass is 79.9. The second kappa shape index (κ2) is 7.00. The highest BCUT2D eigenvalue weighted by molar-refractivity contribution is 9.10. The van der Waals surface area contributed by atoms with E-state index in [2.05, 4.69) is 28.1 Å². The SMILES string of the molecule is NCCc1cc(Br)ccc1Sc1cc(Cl)ccc1Cl. The molecule has 0 atom stereocenters. The van der Waals surface area contributed by atoms with Crippen molar-refractivity contribution in [2.24, 2.45) is 5.73 Å². The Kier molecular flexibility index (Phi) is 5.60. The van der Waals surface area contributed by atoms with Crippen LogP contribution < -0.4 is 5.73 Å². The van der Waals surface area contributed by atoms with Crippen molar-refractivity contribution in [1.82, 2.24) is 0 Å². The van der Waals surface area contributed by atoms with E-state index >= 15 is 0 Å². The molecule has 100 valence electrons. The van der Waals surface area contributed by atoms with Crippen molar-refractivity contribution < 1.29 is 0 Å². The molecule has 0 unspecified atom stereocenters. The third-order valence-electron chi connectivity index (χ3n) is 2.55. The Morgan fingerprint density at radius 2 is 1.84 bits per heavy atom. The first-order valence-corrected chi connectivity index (χ1v) is 8.08. The summed E-state index contributed by atoms with van der Waals surface area (Å²) in [5.41, 5.74) is 6.86. The number of benzene rings is 2. The van der Waals surface area contributed by atoms with Gasteiger partial charge in [0.1, 0.15) is 0 Å². The van der Waals surface area contributed by atoms with Crippen LogP contribution in [0.2, 0.25) is 10.0 Å². The quantitative estimate of drug-likeness (QED) is 0.771. The van der Waals surface area contributed by atoms with E-state index in [-0.39, 0.29) is 0 Å². The normalized spacial score (nSPS) is 10.7. The summed E-state index contributed by atoms with van der Waals surface area (Å²) in [6, 6.07) is 11.7. The van der Waals surface area contributed by atoms with E-state index < -0.39 is 0 Å². The maximum absolute atomic E-state index is 6.19. The molecular formula is C14H12BrCl2NS. The van der Waals surface area contributed by atoms with Crippen LogP contribution in [0.25, 0.3) is 0 Å². The molecule has 0 aliphatic carbocycles. The fourth-order valence-corrected chi connectivity index (χ4v) is 3.57. The molecule has 0 saturated carbocycles. The first kappa shape index (κ1) is 15.2. The minimum Gasteiger partial charge on any atom is -0.330 e. The molecule has 0 heterocycles. The smallest absolute Gasteiger partial charge is 0.0546 e. The number of rotatable bonds is 4. The van der Waals surface area contributed by atoms with Gasteiger partial charge in [-0.05, 0) is 54.9 Å². The highest BCUT2D eigenvalue weighted by Crippen LogP contribution is 2.37. The lowest BCUT2D eigenvalue weighted by Crippen LogP contribution is -2.03. The van der Waals surface area contributed by atoms with Crippen molar-refractivity contribution in [3.8, 4) is 0 Å². The third kappa shape index (κ3) is 4.14. The Labute approximate surface area is 135 Å². The third-order valence-corrected chi connectivity index (χ3v) is 4.90. The van der Waals surface area contributed by atoms with Crippen molar-refractivity contribution in [3.63, 3.8) is 0 Å². The summed E-state index contributed by atoms with van der Waals surface area (Å²) in [6.45, 7) is 0.618. The number of hydrogen-bond donors (Lipinski definition) is 1. The first-order chi connectivity index (χ1) is 9.10. The van der Waals surface area contributed by atoms with Gasteiger partial charge in [0, 0.05) is 19.3 Å². The molecule has 2 N–H and O–H groups in total. The van der Waals surface area contributed by atoms with E-state index in [1.54, 1.807) is 17.8 Å². The molecule has 0 aliphatic heterocycles. The van der Waals surface area contributed by atoms with Crippen molar-refractivity contribution in [2.75, 3.05) is 6.54 Å². The number of halogens is 3. The Balaban J connectivity index is 2.34. The summed E-state index contributed by atoms with van der Waals surface area (Å²) in [5.74, 6) is 0. The minimum atomic E-state index is 0.618. The fourth-order valence-electron chi connectivity index (χ4n) is 1.67. The second-order valence-electron chi connectivity index (χ2n) is 3.97. The van der Waals surface area contributed by atoms with Crippen molar-refractivity contribution >= 4 is 50.9 Å². The molecule has 5 heteroatoms. The molecule has 0 fully saturated rings. The zero-order valence-electron chi connectivity index (χ0n) is 10.00. The minimum absolute atomic E-state index is 0.618. The molecule has 0 saturated heterocycles. The van der Waals surface area contributed by atoms with Gasteiger partial charge in [0.25, 0.3) is 0 Å². The summed E-state index contributed by atoms with van der Waals surface area (Å²) in [7, 11) is 0. The largest absolute Gasteiger partial charge is 0.330 e. The lowest BCUT2D eigenvalue weighted by atomic mass is 10.1. The van der Waals surface area contributed by atoms with Gasteiger partial charge >= 0.3 is 0 Å². The van der Waals surface area contributed by atoms with Gasteiger partial charge in [-0.25, -0.2) is 0 Å². The highest BCUT2D eigenvalue weighted by Gasteiger charge is 2.08. The Hall–Kier alpha value is -0.190. The molecule has 0 spiro atoms. The van der Waals surface area contributed by atoms with Crippen LogP contribution in [0, 0.1) is 0 Å². The van der Waals surface area contributed by atoms with Gasteiger partial charge in [-0.2, -0.15) is 0 Å². The maximum atomic E-state index is 6.19. The second-order valence-corrected chi connectivity index (χ2v) is 6.81. The van der Waals surface area contributed by atoms with Gasteiger partial charge in [0.15, 0.2) is 0 Å². The van der Waals surface area contributed by atoms with E-state index in [4.69, 9.17) is 28.9 Å². The summed E-state index contributed by atoms with van der Waals surface area (Å²) < 4.78 is 1.05. The molecule has 1 nitrogen and oxygen atoms in total. The lowest BCUT2D eigenvalue weighted by molar-refractivity contribution is 0.943. The van der Waals surface area contributed by atoms with Gasteiger partial charge in [0.2, 0.25) is 0 Å². The van der Waals surface area contributed by atoms with E-state index in [0.29, 0.717) is 16.6 Å². The van der Waals surface area contributed by atoms with Crippen LogP contribution in [0.15, 0.2) is 50.7 Å². The zero-order chi connectivity index (χ0) is 13.8. The van der Waals surface area contributed by atoms with Crippen LogP contribution in [0.1, 0.15) is 5.56 Å². The van der Waals surface area contributed by atoms with Crippen LogP contribution in [-0.4, -0.2) is 6.54 Å². The molecule has 2 rings (SSSR count). The molecule has 2 aromatic rings. The van der Waals surface area contributed by atoms with Crippen LogP contribution in [0.3, 0.4) is 0 Å². The zero-order valence-corrected chi connectivity index (χ0v) is 13.9. The maximum Gasteiger partial charge on any atom is 0.0546 e. The van der Waals surface area contributed by atoms with E-state index in [9.17, 15) is 0 Å². The summed E-state index contributed by atoms with van der Waals surface area (Å²) in [5, 5.41) is 1.39. The molecule has 0 bridgehead atoms. The van der Waals surface area contributed by atoms with Crippen LogP contribution >= 0.6 is 50.9 Å². The monoisotopic (exact) mass is 375 g/mol. The predicted octanol–water partition coefficient (Wildman–Crippen LogP) is 5.41. The standard InChI is InChI=1S/C14H12BrCl2NS/c15-10-1-4-13(9(7-10)5-6-18)19-14-8-11(16)2-3-12(14)17/h1-4,7-8H,5-6,18H2. The molecule has 0 aromatic heterocycles.